The van der Waals surface area contributed by atoms with Gasteiger partial charge in [-0.25, -0.2) is 0 Å². The van der Waals surface area contributed by atoms with Gasteiger partial charge in [0, 0.05) is 11.4 Å². The molecule has 0 radical (unpaired) electrons. The van der Waals surface area contributed by atoms with E-state index in [0.29, 0.717) is 12.1 Å². The molecule has 0 amide bonds. The minimum atomic E-state index is -2.20. The highest BCUT2D eigenvalue weighted by atomic mass is 32.2. The number of hydrogen-bond donors (Lipinski definition) is 2. The summed E-state index contributed by atoms with van der Waals surface area (Å²) >= 11 is -2.20. The molecule has 0 fully saturated rings. The number of aliphatic hydroxyl groups excluding tert-OH is 1. The molecule has 2 atom stereocenters. The molecule has 1 rings (SSSR count). The Bertz CT molecular complexity index is 326. The van der Waals surface area contributed by atoms with E-state index in [1.807, 2.05) is 6.92 Å². The Morgan fingerprint density at radius 1 is 1.47 bits per heavy atom. The molecule has 15 heavy (non-hydrogen) atoms. The minimum absolute atomic E-state index is 0.231. The van der Waals surface area contributed by atoms with Crippen LogP contribution < -0.4 is 5.32 Å². The van der Waals surface area contributed by atoms with E-state index in [2.05, 4.69) is 5.32 Å². The van der Waals surface area contributed by atoms with Crippen LogP contribution in [0.3, 0.4) is 0 Å². The third-order valence-corrected chi connectivity index (χ3v) is 2.70. The van der Waals surface area contributed by atoms with Gasteiger partial charge in [-0.15, -0.1) is 0 Å². The molecule has 0 spiro atoms. The quantitative estimate of drug-likeness (QED) is 0.723. The standard InChI is InChI=1S/C10H15NO3S/c1-2-11-7-10(12)8-3-5-9(6-4-8)15(13)14/h3-6,10-12H,2,7H2,1H3,(H,13,14)/p-1. The van der Waals surface area contributed by atoms with Gasteiger partial charge in [-0.1, -0.05) is 19.1 Å². The highest BCUT2D eigenvalue weighted by Crippen LogP contribution is 2.14. The number of nitrogens with one attached hydrogen (secondary N) is 1. The molecule has 0 aliphatic heterocycles. The van der Waals surface area contributed by atoms with Crippen LogP contribution in [0, 0.1) is 0 Å². The van der Waals surface area contributed by atoms with Crippen molar-refractivity contribution in [3.8, 4) is 0 Å². The van der Waals surface area contributed by atoms with E-state index < -0.39 is 17.2 Å². The second-order valence-electron chi connectivity index (χ2n) is 3.13. The van der Waals surface area contributed by atoms with Crippen molar-refractivity contribution < 1.29 is 13.9 Å². The smallest absolute Gasteiger partial charge is 0.0914 e. The lowest BCUT2D eigenvalue weighted by Crippen LogP contribution is -2.20. The number of benzene rings is 1. The Morgan fingerprint density at radius 2 is 2.07 bits per heavy atom. The predicted molar refractivity (Wildman–Crippen MR) is 57.1 cm³/mol. The third-order valence-electron chi connectivity index (χ3n) is 2.05. The van der Waals surface area contributed by atoms with Gasteiger partial charge in [0.25, 0.3) is 0 Å². The summed E-state index contributed by atoms with van der Waals surface area (Å²) in [6.07, 6.45) is -0.598. The topological polar surface area (TPSA) is 72.4 Å². The number of rotatable bonds is 5. The summed E-state index contributed by atoms with van der Waals surface area (Å²) in [6, 6.07) is 6.20. The first-order valence-corrected chi connectivity index (χ1v) is 5.80. The van der Waals surface area contributed by atoms with Crippen molar-refractivity contribution in [3.63, 3.8) is 0 Å². The normalized spacial score (nSPS) is 14.9. The van der Waals surface area contributed by atoms with Crippen molar-refractivity contribution in [2.24, 2.45) is 0 Å². The van der Waals surface area contributed by atoms with Gasteiger partial charge >= 0.3 is 0 Å². The zero-order valence-corrected chi connectivity index (χ0v) is 9.29. The highest BCUT2D eigenvalue weighted by molar-refractivity contribution is 7.79. The molecule has 5 heteroatoms. The lowest BCUT2D eigenvalue weighted by atomic mass is 10.1. The number of hydrogen-bond acceptors (Lipinski definition) is 4. The van der Waals surface area contributed by atoms with Crippen LogP contribution in [0.5, 0.6) is 0 Å². The zero-order chi connectivity index (χ0) is 11.3. The summed E-state index contributed by atoms with van der Waals surface area (Å²) in [6.45, 7) is 3.21. The summed E-state index contributed by atoms with van der Waals surface area (Å²) in [4.78, 5) is 0.231. The first-order chi connectivity index (χ1) is 7.15. The Balaban J connectivity index is 2.66. The van der Waals surface area contributed by atoms with Gasteiger partial charge < -0.3 is 15.0 Å². The molecular formula is C10H14NO3S-. The second-order valence-corrected chi connectivity index (χ2v) is 4.07. The van der Waals surface area contributed by atoms with Crippen molar-refractivity contribution >= 4 is 11.1 Å². The van der Waals surface area contributed by atoms with E-state index in [9.17, 15) is 13.9 Å². The van der Waals surface area contributed by atoms with Crippen LogP contribution in [-0.2, 0) is 11.1 Å². The van der Waals surface area contributed by atoms with Gasteiger partial charge in [-0.2, -0.15) is 0 Å². The molecule has 0 heterocycles. The number of aliphatic hydroxyl groups is 1. The van der Waals surface area contributed by atoms with Crippen LogP contribution in [-0.4, -0.2) is 27.0 Å². The molecule has 0 saturated carbocycles. The van der Waals surface area contributed by atoms with Crippen LogP contribution in [0.4, 0.5) is 0 Å². The average Bonchev–Trinajstić information content (AvgIpc) is 2.26. The molecule has 0 saturated heterocycles. The SMILES string of the molecule is CCNCC(O)c1ccc(S(=O)[O-])cc1. The van der Waals surface area contributed by atoms with Crippen molar-refractivity contribution in [2.75, 3.05) is 13.1 Å². The van der Waals surface area contributed by atoms with Crippen molar-refractivity contribution in [1.29, 1.82) is 0 Å². The zero-order valence-electron chi connectivity index (χ0n) is 8.47. The molecule has 1 aromatic carbocycles. The summed E-state index contributed by atoms with van der Waals surface area (Å²) in [5.74, 6) is 0. The van der Waals surface area contributed by atoms with Gasteiger partial charge in [0.2, 0.25) is 0 Å². The van der Waals surface area contributed by atoms with Crippen molar-refractivity contribution in [2.45, 2.75) is 17.9 Å². The summed E-state index contributed by atoms with van der Waals surface area (Å²) in [5, 5.41) is 12.7. The van der Waals surface area contributed by atoms with Crippen molar-refractivity contribution in [3.05, 3.63) is 29.8 Å². The first-order valence-electron chi connectivity index (χ1n) is 4.73. The fraction of sp³-hybridized carbons (Fsp3) is 0.400. The van der Waals surface area contributed by atoms with Gasteiger partial charge in [-0.05, 0) is 35.3 Å². The highest BCUT2D eigenvalue weighted by Gasteiger charge is 2.05. The molecule has 2 N–H and O–H groups in total. The van der Waals surface area contributed by atoms with E-state index in [4.69, 9.17) is 0 Å². The molecule has 0 aliphatic carbocycles. The maximum atomic E-state index is 10.6. The monoisotopic (exact) mass is 228 g/mol. The van der Waals surface area contributed by atoms with Gasteiger partial charge in [-0.3, -0.25) is 4.21 Å². The van der Waals surface area contributed by atoms with Gasteiger partial charge in [0.15, 0.2) is 0 Å². The fourth-order valence-electron chi connectivity index (χ4n) is 1.20. The van der Waals surface area contributed by atoms with E-state index in [0.717, 1.165) is 6.54 Å². The van der Waals surface area contributed by atoms with Gasteiger partial charge in [0.05, 0.1) is 6.10 Å². The largest absolute Gasteiger partial charge is 0.768 e. The minimum Gasteiger partial charge on any atom is -0.768 e. The Labute approximate surface area is 91.6 Å². The average molecular weight is 228 g/mol. The fourth-order valence-corrected chi connectivity index (χ4v) is 1.56. The van der Waals surface area contributed by atoms with E-state index >= 15 is 0 Å². The molecule has 0 aromatic heterocycles. The molecule has 84 valence electrons. The molecule has 1 aromatic rings. The Kier molecular flexibility index (Phi) is 4.90. The van der Waals surface area contributed by atoms with Crippen LogP contribution in [0.15, 0.2) is 29.2 Å². The summed E-state index contributed by atoms with van der Waals surface area (Å²) in [5.41, 5.74) is 0.713. The molecule has 2 unspecified atom stereocenters. The molecule has 0 aliphatic rings. The van der Waals surface area contributed by atoms with Gasteiger partial charge in [0.1, 0.15) is 0 Å². The summed E-state index contributed by atoms with van der Waals surface area (Å²) in [7, 11) is 0. The van der Waals surface area contributed by atoms with Crippen LogP contribution >= 0.6 is 0 Å². The molecule has 0 bridgehead atoms. The van der Waals surface area contributed by atoms with Crippen LogP contribution in [0.25, 0.3) is 0 Å². The maximum absolute atomic E-state index is 10.6. The van der Waals surface area contributed by atoms with E-state index in [-0.39, 0.29) is 4.90 Å². The maximum Gasteiger partial charge on any atom is 0.0914 e. The lowest BCUT2D eigenvalue weighted by Gasteiger charge is -2.12. The first kappa shape index (κ1) is 12.3. The molecular weight excluding hydrogens is 214 g/mol. The second kappa shape index (κ2) is 5.97. The van der Waals surface area contributed by atoms with E-state index in [1.165, 1.54) is 12.1 Å². The summed E-state index contributed by atoms with van der Waals surface area (Å²) < 4.78 is 21.2. The third kappa shape index (κ3) is 3.71. The predicted octanol–water partition coefficient (Wildman–Crippen LogP) is 0.568. The lowest BCUT2D eigenvalue weighted by molar-refractivity contribution is 0.175. The van der Waals surface area contributed by atoms with Crippen LogP contribution in [0.1, 0.15) is 18.6 Å². The molecule has 4 nitrogen and oxygen atoms in total. The van der Waals surface area contributed by atoms with Crippen LogP contribution in [0.2, 0.25) is 0 Å². The Hall–Kier alpha value is -0.750. The Morgan fingerprint density at radius 3 is 2.53 bits per heavy atom. The van der Waals surface area contributed by atoms with E-state index in [1.54, 1.807) is 12.1 Å². The van der Waals surface area contributed by atoms with Crippen molar-refractivity contribution in [1.82, 2.24) is 5.32 Å². The number of likely N-dealkylation sites (N-methyl/N-ethyl adjacent to an activating group) is 1.